The highest BCUT2D eigenvalue weighted by Crippen LogP contribution is 2.24. The van der Waals surface area contributed by atoms with Gasteiger partial charge in [-0.1, -0.05) is 29.8 Å². The Kier molecular flexibility index (Phi) is 5.83. The Morgan fingerprint density at radius 1 is 1.14 bits per heavy atom. The summed E-state index contributed by atoms with van der Waals surface area (Å²) in [6.45, 7) is 1.73. The maximum Gasteiger partial charge on any atom is 0.338 e. The second-order valence-electron chi connectivity index (χ2n) is 5.91. The number of para-hydroxylation sites is 1. The van der Waals surface area contributed by atoms with Crippen molar-refractivity contribution >= 4 is 27.6 Å². The highest BCUT2D eigenvalue weighted by Gasteiger charge is 2.18. The molecule has 1 heterocycles. The molecule has 0 saturated heterocycles. The normalized spacial score (nSPS) is 11.4. The molecule has 1 aromatic heterocycles. The number of benzene rings is 2. The number of carbonyl (C=O) groups excluding carboxylic acids is 1. The third-order valence-corrected chi connectivity index (χ3v) is 5.96. The van der Waals surface area contributed by atoms with Gasteiger partial charge in [0.15, 0.2) is 0 Å². The molecule has 0 unspecified atom stereocenters. The van der Waals surface area contributed by atoms with Gasteiger partial charge in [-0.2, -0.15) is 5.10 Å². The lowest BCUT2D eigenvalue weighted by molar-refractivity contribution is 0.0472. The molecule has 28 heavy (non-hydrogen) atoms. The van der Waals surface area contributed by atoms with E-state index in [1.807, 2.05) is 30.3 Å². The molecular formula is C19H18ClN3O4S. The van der Waals surface area contributed by atoms with E-state index >= 15 is 0 Å². The molecule has 7 nitrogen and oxygen atoms in total. The standard InChI is InChI=1S/C19H18ClN3O4S/c1-13-17(18(20)23(22-13)15-6-4-3-5-7-15)12-27-19(24)14-8-10-16(11-9-14)28(25,26)21-2/h3-11,21H,12H2,1-2H3. The van der Waals surface area contributed by atoms with Crippen molar-refractivity contribution in [2.24, 2.45) is 0 Å². The summed E-state index contributed by atoms with van der Waals surface area (Å²) in [6.07, 6.45) is 0. The number of hydrogen-bond donors (Lipinski definition) is 1. The smallest absolute Gasteiger partial charge is 0.338 e. The minimum Gasteiger partial charge on any atom is -0.457 e. The number of carbonyl (C=O) groups is 1. The minimum atomic E-state index is -3.56. The highest BCUT2D eigenvalue weighted by molar-refractivity contribution is 7.89. The first-order valence-electron chi connectivity index (χ1n) is 8.33. The average Bonchev–Trinajstić information content (AvgIpc) is 3.00. The molecular weight excluding hydrogens is 402 g/mol. The molecule has 146 valence electrons. The maximum atomic E-state index is 12.3. The summed E-state index contributed by atoms with van der Waals surface area (Å²) < 4.78 is 32.6. The second kappa shape index (κ2) is 8.14. The number of hydrogen-bond acceptors (Lipinski definition) is 5. The molecule has 0 radical (unpaired) electrons. The predicted molar refractivity (Wildman–Crippen MR) is 105 cm³/mol. The van der Waals surface area contributed by atoms with Gasteiger partial charge in [-0.05, 0) is 50.4 Å². The first-order chi connectivity index (χ1) is 13.3. The molecule has 0 fully saturated rings. The van der Waals surface area contributed by atoms with Gasteiger partial charge in [0.05, 0.1) is 21.8 Å². The third-order valence-electron chi connectivity index (χ3n) is 4.14. The van der Waals surface area contributed by atoms with Crippen LogP contribution in [-0.4, -0.2) is 31.2 Å². The number of ether oxygens (including phenoxy) is 1. The highest BCUT2D eigenvalue weighted by atomic mass is 35.5. The van der Waals surface area contributed by atoms with Crippen molar-refractivity contribution in [3.05, 3.63) is 76.6 Å². The lowest BCUT2D eigenvalue weighted by Crippen LogP contribution is -2.18. The Bertz CT molecular complexity index is 1090. The predicted octanol–water partition coefficient (Wildman–Crippen LogP) is 3.10. The van der Waals surface area contributed by atoms with Crippen LogP contribution in [0, 0.1) is 6.92 Å². The van der Waals surface area contributed by atoms with Crippen LogP contribution in [0.5, 0.6) is 0 Å². The maximum absolute atomic E-state index is 12.3. The van der Waals surface area contributed by atoms with Crippen LogP contribution in [0.4, 0.5) is 0 Å². The SMILES string of the molecule is CNS(=O)(=O)c1ccc(C(=O)OCc2c(C)nn(-c3ccccc3)c2Cl)cc1. The van der Waals surface area contributed by atoms with Crippen molar-refractivity contribution in [1.29, 1.82) is 0 Å². The topological polar surface area (TPSA) is 90.3 Å². The summed E-state index contributed by atoms with van der Waals surface area (Å²) in [6, 6.07) is 14.9. The van der Waals surface area contributed by atoms with Crippen LogP contribution >= 0.6 is 11.6 Å². The van der Waals surface area contributed by atoms with E-state index in [2.05, 4.69) is 9.82 Å². The fourth-order valence-electron chi connectivity index (χ4n) is 2.54. The van der Waals surface area contributed by atoms with Gasteiger partial charge in [0.1, 0.15) is 11.8 Å². The Morgan fingerprint density at radius 3 is 2.39 bits per heavy atom. The largest absolute Gasteiger partial charge is 0.457 e. The summed E-state index contributed by atoms with van der Waals surface area (Å²) in [4.78, 5) is 12.4. The van der Waals surface area contributed by atoms with Gasteiger partial charge >= 0.3 is 5.97 Å². The molecule has 2 aromatic carbocycles. The van der Waals surface area contributed by atoms with E-state index in [4.69, 9.17) is 16.3 Å². The van der Waals surface area contributed by atoms with Gasteiger partial charge in [0, 0.05) is 5.56 Å². The number of aryl methyl sites for hydroxylation is 1. The Balaban J connectivity index is 1.74. The molecule has 0 amide bonds. The zero-order chi connectivity index (χ0) is 20.3. The van der Waals surface area contributed by atoms with Gasteiger partial charge in [-0.25, -0.2) is 22.6 Å². The van der Waals surface area contributed by atoms with Crippen LogP contribution in [-0.2, 0) is 21.4 Å². The number of halogens is 1. The Morgan fingerprint density at radius 2 is 1.79 bits per heavy atom. The Labute approximate surface area is 168 Å². The summed E-state index contributed by atoms with van der Waals surface area (Å²) in [5.74, 6) is -0.587. The summed E-state index contributed by atoms with van der Waals surface area (Å²) in [5, 5.41) is 4.77. The molecule has 9 heteroatoms. The van der Waals surface area contributed by atoms with Crippen LogP contribution in [0.25, 0.3) is 5.69 Å². The van der Waals surface area contributed by atoms with Gasteiger partial charge in [-0.3, -0.25) is 0 Å². The zero-order valence-electron chi connectivity index (χ0n) is 15.2. The molecule has 3 rings (SSSR count). The van der Waals surface area contributed by atoms with Crippen LogP contribution in [0.1, 0.15) is 21.6 Å². The van der Waals surface area contributed by atoms with Gasteiger partial charge in [0.2, 0.25) is 10.0 Å². The quantitative estimate of drug-likeness (QED) is 0.620. The lowest BCUT2D eigenvalue weighted by atomic mass is 10.2. The molecule has 0 spiro atoms. The monoisotopic (exact) mass is 419 g/mol. The van der Waals surface area contributed by atoms with E-state index in [1.165, 1.54) is 31.3 Å². The van der Waals surface area contributed by atoms with E-state index in [0.717, 1.165) is 5.69 Å². The molecule has 0 aliphatic heterocycles. The van der Waals surface area contributed by atoms with Crippen molar-refractivity contribution in [1.82, 2.24) is 14.5 Å². The second-order valence-corrected chi connectivity index (χ2v) is 8.15. The van der Waals surface area contributed by atoms with Crippen molar-refractivity contribution in [2.45, 2.75) is 18.4 Å². The van der Waals surface area contributed by atoms with Gasteiger partial charge < -0.3 is 4.74 Å². The first kappa shape index (κ1) is 20.1. The summed E-state index contributed by atoms with van der Waals surface area (Å²) in [7, 11) is -2.24. The zero-order valence-corrected chi connectivity index (χ0v) is 16.8. The van der Waals surface area contributed by atoms with Crippen LogP contribution in [0.15, 0.2) is 59.5 Å². The van der Waals surface area contributed by atoms with Crippen molar-refractivity contribution < 1.29 is 17.9 Å². The minimum absolute atomic E-state index is 0.0487. The number of nitrogens with one attached hydrogen (secondary N) is 1. The number of rotatable bonds is 6. The molecule has 3 aromatic rings. The number of nitrogens with zero attached hydrogens (tertiary/aromatic N) is 2. The summed E-state index contributed by atoms with van der Waals surface area (Å²) >= 11 is 6.42. The Hall–Kier alpha value is -2.68. The lowest BCUT2D eigenvalue weighted by Gasteiger charge is -2.07. The number of esters is 1. The summed E-state index contributed by atoms with van der Waals surface area (Å²) in [5.41, 5.74) is 2.29. The van der Waals surface area contributed by atoms with Crippen LogP contribution in [0.3, 0.4) is 0 Å². The molecule has 0 aliphatic carbocycles. The fourth-order valence-corrected chi connectivity index (χ4v) is 3.60. The number of sulfonamides is 1. The first-order valence-corrected chi connectivity index (χ1v) is 10.2. The van der Waals surface area contributed by atoms with Crippen molar-refractivity contribution in [3.63, 3.8) is 0 Å². The van der Waals surface area contributed by atoms with Gasteiger partial charge in [-0.15, -0.1) is 0 Å². The van der Waals surface area contributed by atoms with E-state index in [-0.39, 0.29) is 17.1 Å². The van der Waals surface area contributed by atoms with Crippen LogP contribution < -0.4 is 4.72 Å². The molecule has 1 N–H and O–H groups in total. The number of aromatic nitrogens is 2. The average molecular weight is 420 g/mol. The molecule has 0 atom stereocenters. The fraction of sp³-hybridized carbons (Fsp3) is 0.158. The van der Waals surface area contributed by atoms with Crippen molar-refractivity contribution in [3.8, 4) is 5.69 Å². The third kappa shape index (κ3) is 4.09. The van der Waals surface area contributed by atoms with Crippen molar-refractivity contribution in [2.75, 3.05) is 7.05 Å². The van der Waals surface area contributed by atoms with Gasteiger partial charge in [0.25, 0.3) is 0 Å². The molecule has 0 aliphatic rings. The van der Waals surface area contributed by atoms with E-state index < -0.39 is 16.0 Å². The molecule has 0 bridgehead atoms. The van der Waals surface area contributed by atoms with E-state index in [0.29, 0.717) is 16.4 Å². The van der Waals surface area contributed by atoms with E-state index in [9.17, 15) is 13.2 Å². The van der Waals surface area contributed by atoms with Crippen LogP contribution in [0.2, 0.25) is 5.15 Å². The van der Waals surface area contributed by atoms with E-state index in [1.54, 1.807) is 11.6 Å². The molecule has 0 saturated carbocycles.